The molecule has 0 bridgehead atoms. The van der Waals surface area contributed by atoms with Crippen LogP contribution in [-0.4, -0.2) is 21.7 Å². The van der Waals surface area contributed by atoms with Crippen molar-refractivity contribution in [2.75, 3.05) is 10.6 Å². The number of nitrogens with one attached hydrogen (secondary N) is 2. The Hall–Kier alpha value is -3.29. The first-order chi connectivity index (χ1) is 12.5. The molecule has 1 fully saturated rings. The number of anilines is 2. The Labute approximate surface area is 148 Å². The first-order valence-corrected chi connectivity index (χ1v) is 8.37. The summed E-state index contributed by atoms with van der Waals surface area (Å²) in [7, 11) is 0. The fraction of sp³-hybridized carbons (Fsp3) is 0.278. The van der Waals surface area contributed by atoms with E-state index in [2.05, 4.69) is 15.6 Å². The molecule has 0 saturated heterocycles. The molecule has 8 heteroatoms. The number of rotatable bonds is 3. The van der Waals surface area contributed by atoms with Crippen molar-refractivity contribution in [2.45, 2.75) is 31.1 Å². The molecule has 2 N–H and O–H groups in total. The molecule has 2 aromatic rings. The van der Waals surface area contributed by atoms with Crippen LogP contribution in [0.15, 0.2) is 36.7 Å². The first-order valence-electron chi connectivity index (χ1n) is 8.37. The van der Waals surface area contributed by atoms with Crippen molar-refractivity contribution in [1.82, 2.24) is 4.98 Å². The summed E-state index contributed by atoms with van der Waals surface area (Å²) in [5.74, 6) is -0.590. The zero-order valence-corrected chi connectivity index (χ0v) is 13.8. The molecule has 0 radical (unpaired) electrons. The number of carbonyl (C=O) groups excluding carboxylic acids is 2. The van der Waals surface area contributed by atoms with E-state index in [0.717, 1.165) is 12.8 Å². The molecule has 1 aliphatic carbocycles. The summed E-state index contributed by atoms with van der Waals surface area (Å²) in [6.45, 7) is 0. The maximum absolute atomic E-state index is 12.5. The summed E-state index contributed by atoms with van der Waals surface area (Å²) < 4.78 is 0. The molecule has 132 valence electrons. The SMILES string of the molecule is O=C(Nc1cc2c(cc1[N+](=O)[O-])C1(CCCC1)C(=O)N2)c1ccncc1. The van der Waals surface area contributed by atoms with Gasteiger partial charge in [-0.3, -0.25) is 24.7 Å². The molecule has 26 heavy (non-hydrogen) atoms. The minimum Gasteiger partial charge on any atom is -0.325 e. The molecule has 1 saturated carbocycles. The first kappa shape index (κ1) is 16.2. The van der Waals surface area contributed by atoms with Gasteiger partial charge in [0.1, 0.15) is 5.69 Å². The Morgan fingerprint density at radius 1 is 1.23 bits per heavy atom. The van der Waals surface area contributed by atoms with Crippen LogP contribution in [0.4, 0.5) is 17.1 Å². The van der Waals surface area contributed by atoms with Crippen LogP contribution in [0.3, 0.4) is 0 Å². The normalized spacial score (nSPS) is 17.0. The fourth-order valence-corrected chi connectivity index (χ4v) is 3.88. The monoisotopic (exact) mass is 352 g/mol. The highest BCUT2D eigenvalue weighted by Crippen LogP contribution is 2.51. The highest BCUT2D eigenvalue weighted by Gasteiger charge is 2.49. The number of aromatic nitrogens is 1. The van der Waals surface area contributed by atoms with Crippen molar-refractivity contribution in [3.8, 4) is 0 Å². The quantitative estimate of drug-likeness (QED) is 0.651. The molecule has 4 rings (SSSR count). The number of hydrogen-bond donors (Lipinski definition) is 2. The summed E-state index contributed by atoms with van der Waals surface area (Å²) in [6, 6.07) is 5.95. The van der Waals surface area contributed by atoms with E-state index in [9.17, 15) is 19.7 Å². The summed E-state index contributed by atoms with van der Waals surface area (Å²) in [5, 5.41) is 17.0. The van der Waals surface area contributed by atoms with E-state index in [-0.39, 0.29) is 17.3 Å². The van der Waals surface area contributed by atoms with E-state index in [1.54, 1.807) is 0 Å². The van der Waals surface area contributed by atoms with Crippen LogP contribution in [0.25, 0.3) is 0 Å². The van der Waals surface area contributed by atoms with E-state index >= 15 is 0 Å². The molecule has 2 heterocycles. The van der Waals surface area contributed by atoms with Gasteiger partial charge < -0.3 is 10.6 Å². The van der Waals surface area contributed by atoms with Crippen molar-refractivity contribution >= 4 is 28.9 Å². The van der Waals surface area contributed by atoms with Crippen LogP contribution in [0.1, 0.15) is 41.6 Å². The van der Waals surface area contributed by atoms with Crippen LogP contribution in [0, 0.1) is 10.1 Å². The summed E-state index contributed by atoms with van der Waals surface area (Å²) in [4.78, 5) is 39.7. The number of hydrogen-bond acceptors (Lipinski definition) is 5. The van der Waals surface area contributed by atoms with E-state index in [1.165, 1.54) is 36.7 Å². The lowest BCUT2D eigenvalue weighted by atomic mass is 9.80. The predicted molar refractivity (Wildman–Crippen MR) is 94.1 cm³/mol. The molecule has 1 aromatic carbocycles. The van der Waals surface area contributed by atoms with Crippen LogP contribution >= 0.6 is 0 Å². The smallest absolute Gasteiger partial charge is 0.293 e. The van der Waals surface area contributed by atoms with Gasteiger partial charge in [0.2, 0.25) is 5.91 Å². The zero-order chi connectivity index (χ0) is 18.3. The average Bonchev–Trinajstić information content (AvgIpc) is 3.22. The lowest BCUT2D eigenvalue weighted by molar-refractivity contribution is -0.384. The third-order valence-corrected chi connectivity index (χ3v) is 5.18. The summed E-state index contributed by atoms with van der Waals surface area (Å²) in [5.41, 5.74) is 0.709. The Balaban J connectivity index is 1.75. The van der Waals surface area contributed by atoms with E-state index in [1.807, 2.05) is 0 Å². The Kier molecular flexibility index (Phi) is 3.68. The molecular formula is C18H16N4O4. The van der Waals surface area contributed by atoms with Crippen molar-refractivity contribution in [3.05, 3.63) is 57.9 Å². The van der Waals surface area contributed by atoms with Crippen molar-refractivity contribution < 1.29 is 14.5 Å². The molecule has 1 aromatic heterocycles. The Morgan fingerprint density at radius 2 is 1.92 bits per heavy atom. The lowest BCUT2D eigenvalue weighted by Crippen LogP contribution is -2.30. The van der Waals surface area contributed by atoms with E-state index in [4.69, 9.17) is 0 Å². The maximum atomic E-state index is 12.5. The fourth-order valence-electron chi connectivity index (χ4n) is 3.88. The summed E-state index contributed by atoms with van der Waals surface area (Å²) >= 11 is 0. The van der Waals surface area contributed by atoms with Gasteiger partial charge in [-0.2, -0.15) is 0 Å². The third-order valence-electron chi connectivity index (χ3n) is 5.18. The van der Waals surface area contributed by atoms with Gasteiger partial charge in [-0.25, -0.2) is 0 Å². The maximum Gasteiger partial charge on any atom is 0.293 e. The van der Waals surface area contributed by atoms with Crippen LogP contribution in [0.2, 0.25) is 0 Å². The number of nitrogens with zero attached hydrogens (tertiary/aromatic N) is 2. The van der Waals surface area contributed by atoms with Gasteiger partial charge in [-0.15, -0.1) is 0 Å². The topological polar surface area (TPSA) is 114 Å². The molecule has 1 spiro atoms. The Bertz CT molecular complexity index is 920. The second kappa shape index (κ2) is 5.91. The molecule has 2 amide bonds. The van der Waals surface area contributed by atoms with E-state index < -0.39 is 16.2 Å². The van der Waals surface area contributed by atoms with Crippen molar-refractivity contribution in [2.24, 2.45) is 0 Å². The van der Waals surface area contributed by atoms with Crippen LogP contribution in [0.5, 0.6) is 0 Å². The number of nitro groups is 1. The van der Waals surface area contributed by atoms with Gasteiger partial charge in [0.25, 0.3) is 11.6 Å². The molecule has 2 aliphatic rings. The molecule has 1 aliphatic heterocycles. The van der Waals surface area contributed by atoms with Gasteiger partial charge in [-0.1, -0.05) is 12.8 Å². The molecular weight excluding hydrogens is 336 g/mol. The number of pyridine rings is 1. The summed E-state index contributed by atoms with van der Waals surface area (Å²) in [6.07, 6.45) is 6.14. The molecule has 8 nitrogen and oxygen atoms in total. The third kappa shape index (κ3) is 2.42. The number of fused-ring (bicyclic) bond motifs is 2. The van der Waals surface area contributed by atoms with Gasteiger partial charge in [0, 0.05) is 29.7 Å². The lowest BCUT2D eigenvalue weighted by Gasteiger charge is -2.20. The minimum atomic E-state index is -0.673. The van der Waals surface area contributed by atoms with E-state index in [0.29, 0.717) is 29.7 Å². The molecule has 0 atom stereocenters. The standard InChI is InChI=1S/C18H16N4O4/c23-16(11-3-7-19-8-4-11)20-14-10-13-12(9-15(14)22(25)26)18(17(24)21-13)5-1-2-6-18/h3-4,7-10H,1-2,5-6H2,(H,20,23)(H,21,24). The van der Waals surface area contributed by atoms with Gasteiger partial charge in [0.15, 0.2) is 0 Å². The Morgan fingerprint density at radius 3 is 2.58 bits per heavy atom. The zero-order valence-electron chi connectivity index (χ0n) is 13.8. The number of nitro benzene ring substituents is 1. The second-order valence-electron chi connectivity index (χ2n) is 6.61. The van der Waals surface area contributed by atoms with Crippen molar-refractivity contribution in [3.63, 3.8) is 0 Å². The van der Waals surface area contributed by atoms with Gasteiger partial charge in [-0.05, 0) is 36.6 Å². The van der Waals surface area contributed by atoms with Crippen molar-refractivity contribution in [1.29, 1.82) is 0 Å². The number of benzene rings is 1. The average molecular weight is 352 g/mol. The van der Waals surface area contributed by atoms with Crippen LogP contribution in [-0.2, 0) is 10.2 Å². The predicted octanol–water partition coefficient (Wildman–Crippen LogP) is 3.01. The van der Waals surface area contributed by atoms with Crippen LogP contribution < -0.4 is 10.6 Å². The second-order valence-corrected chi connectivity index (χ2v) is 6.61. The van der Waals surface area contributed by atoms with Gasteiger partial charge in [0.05, 0.1) is 10.3 Å². The number of amides is 2. The van der Waals surface area contributed by atoms with Gasteiger partial charge >= 0.3 is 0 Å². The largest absolute Gasteiger partial charge is 0.325 e. The number of carbonyl (C=O) groups is 2. The highest BCUT2D eigenvalue weighted by molar-refractivity contribution is 6.10. The minimum absolute atomic E-state index is 0.0610. The molecule has 0 unspecified atom stereocenters. The highest BCUT2D eigenvalue weighted by atomic mass is 16.6.